The van der Waals surface area contributed by atoms with Gasteiger partial charge in [-0.1, -0.05) is 15.9 Å². The maximum absolute atomic E-state index is 12.7. The molecule has 0 radical (unpaired) electrons. The van der Waals surface area contributed by atoms with Gasteiger partial charge >= 0.3 is 6.03 Å². The van der Waals surface area contributed by atoms with Gasteiger partial charge in [-0.25, -0.2) is 9.18 Å². The zero-order valence-electron chi connectivity index (χ0n) is 10.2. The minimum Gasteiger partial charge on any atom is -0.308 e. The van der Waals surface area contributed by atoms with Gasteiger partial charge in [-0.3, -0.25) is 0 Å². The summed E-state index contributed by atoms with van der Waals surface area (Å²) in [4.78, 5) is 11.8. The molecule has 3 nitrogen and oxygen atoms in total. The Bertz CT molecular complexity index is 579. The van der Waals surface area contributed by atoms with Gasteiger partial charge in [0.25, 0.3) is 0 Å². The number of carbonyl (C=O) groups is 1. The fourth-order valence-corrected chi connectivity index (χ4v) is 2.24. The Labute approximate surface area is 119 Å². The van der Waals surface area contributed by atoms with Crippen molar-refractivity contribution in [2.24, 2.45) is 0 Å². The molecule has 2 N–H and O–H groups in total. The number of benzene rings is 2. The minimum absolute atomic E-state index is 0.339. The Balaban J connectivity index is 2.03. The molecule has 0 heterocycles. The second-order valence-electron chi connectivity index (χ2n) is 4.10. The molecule has 2 aromatic rings. The summed E-state index contributed by atoms with van der Waals surface area (Å²) in [5.74, 6) is -0.339. The van der Waals surface area contributed by atoms with E-state index >= 15 is 0 Å². The number of urea groups is 1. The highest BCUT2D eigenvalue weighted by Crippen LogP contribution is 2.19. The van der Waals surface area contributed by atoms with Crippen molar-refractivity contribution in [3.05, 3.63) is 58.3 Å². The third kappa shape index (κ3) is 4.06. The Kier molecular flexibility index (Phi) is 4.16. The molecule has 2 amide bonds. The normalized spacial score (nSPS) is 10.1. The van der Waals surface area contributed by atoms with E-state index in [1.54, 1.807) is 6.07 Å². The van der Waals surface area contributed by atoms with Gasteiger partial charge in [-0.2, -0.15) is 0 Å². The van der Waals surface area contributed by atoms with Crippen LogP contribution in [0.15, 0.2) is 46.9 Å². The van der Waals surface area contributed by atoms with Crippen molar-refractivity contribution in [1.29, 1.82) is 0 Å². The van der Waals surface area contributed by atoms with E-state index < -0.39 is 0 Å². The third-order valence-electron chi connectivity index (χ3n) is 2.40. The first kappa shape index (κ1) is 13.5. The number of hydrogen-bond donors (Lipinski definition) is 2. The van der Waals surface area contributed by atoms with E-state index in [9.17, 15) is 9.18 Å². The molecule has 19 heavy (non-hydrogen) atoms. The van der Waals surface area contributed by atoms with E-state index in [4.69, 9.17) is 0 Å². The largest absolute Gasteiger partial charge is 0.323 e. The van der Waals surface area contributed by atoms with Gasteiger partial charge in [0.2, 0.25) is 0 Å². The van der Waals surface area contributed by atoms with Crippen LogP contribution >= 0.6 is 15.9 Å². The number of rotatable bonds is 2. The van der Waals surface area contributed by atoms with Crippen LogP contribution in [0, 0.1) is 12.7 Å². The quantitative estimate of drug-likeness (QED) is 0.837. The Morgan fingerprint density at radius 3 is 2.32 bits per heavy atom. The average molecular weight is 323 g/mol. The van der Waals surface area contributed by atoms with Gasteiger partial charge in [-0.15, -0.1) is 0 Å². The Morgan fingerprint density at radius 2 is 1.68 bits per heavy atom. The Morgan fingerprint density at radius 1 is 1.05 bits per heavy atom. The molecule has 0 aliphatic rings. The molecule has 98 valence electrons. The molecule has 0 bridgehead atoms. The lowest BCUT2D eigenvalue weighted by Crippen LogP contribution is -2.19. The predicted octanol–water partition coefficient (Wildman–Crippen LogP) is 4.54. The average Bonchev–Trinajstić information content (AvgIpc) is 2.30. The SMILES string of the molecule is Cc1cc(Br)cc(NC(=O)Nc2ccc(F)cc2)c1. The molecule has 2 rings (SSSR count). The fourth-order valence-electron chi connectivity index (χ4n) is 1.64. The first-order valence-electron chi connectivity index (χ1n) is 5.64. The number of carbonyl (C=O) groups excluding carboxylic acids is 1. The van der Waals surface area contributed by atoms with Crippen molar-refractivity contribution in [1.82, 2.24) is 0 Å². The third-order valence-corrected chi connectivity index (χ3v) is 2.86. The summed E-state index contributed by atoms with van der Waals surface area (Å²) in [5.41, 5.74) is 2.25. The van der Waals surface area contributed by atoms with Gasteiger partial charge in [0.15, 0.2) is 0 Å². The van der Waals surface area contributed by atoms with Crippen LogP contribution in [0.5, 0.6) is 0 Å². The van der Waals surface area contributed by atoms with Crippen molar-refractivity contribution >= 4 is 33.3 Å². The highest BCUT2D eigenvalue weighted by atomic mass is 79.9. The summed E-state index contributed by atoms with van der Waals surface area (Å²) < 4.78 is 13.6. The molecule has 0 fully saturated rings. The highest BCUT2D eigenvalue weighted by molar-refractivity contribution is 9.10. The van der Waals surface area contributed by atoms with Crippen LogP contribution in [0.1, 0.15) is 5.56 Å². The summed E-state index contributed by atoms with van der Waals surface area (Å²) in [7, 11) is 0. The summed E-state index contributed by atoms with van der Waals surface area (Å²) in [6.45, 7) is 1.94. The maximum Gasteiger partial charge on any atom is 0.323 e. The van der Waals surface area contributed by atoms with Crippen LogP contribution in [-0.4, -0.2) is 6.03 Å². The molecular formula is C14H12BrFN2O. The first-order chi connectivity index (χ1) is 9.02. The smallest absolute Gasteiger partial charge is 0.308 e. The molecule has 0 aliphatic carbocycles. The standard InChI is InChI=1S/C14H12BrFN2O/c1-9-6-10(15)8-13(7-9)18-14(19)17-12-4-2-11(16)3-5-12/h2-8H,1H3,(H2,17,18,19). The summed E-state index contributed by atoms with van der Waals surface area (Å²) in [6, 6.07) is 10.8. The molecule has 0 aromatic heterocycles. The molecule has 0 spiro atoms. The molecule has 0 atom stereocenters. The first-order valence-corrected chi connectivity index (χ1v) is 6.43. The van der Waals surface area contributed by atoms with E-state index in [2.05, 4.69) is 26.6 Å². The molecule has 2 aromatic carbocycles. The van der Waals surface area contributed by atoms with Gasteiger partial charge in [0.05, 0.1) is 0 Å². The lowest BCUT2D eigenvalue weighted by Gasteiger charge is -2.08. The van der Waals surface area contributed by atoms with Crippen LogP contribution in [-0.2, 0) is 0 Å². The van der Waals surface area contributed by atoms with Crippen LogP contribution in [0.4, 0.5) is 20.6 Å². The fraction of sp³-hybridized carbons (Fsp3) is 0.0714. The Hall–Kier alpha value is -1.88. The van der Waals surface area contributed by atoms with Gasteiger partial charge in [0, 0.05) is 15.8 Å². The van der Waals surface area contributed by atoms with E-state index in [0.717, 1.165) is 10.0 Å². The molecule has 0 unspecified atom stereocenters. The van der Waals surface area contributed by atoms with Crippen molar-refractivity contribution in [3.63, 3.8) is 0 Å². The topological polar surface area (TPSA) is 41.1 Å². The summed E-state index contributed by atoms with van der Waals surface area (Å²) in [6.07, 6.45) is 0. The van der Waals surface area contributed by atoms with Crippen LogP contribution in [0.3, 0.4) is 0 Å². The lowest BCUT2D eigenvalue weighted by molar-refractivity contribution is 0.262. The number of anilines is 2. The molecule has 0 saturated heterocycles. The number of aryl methyl sites for hydroxylation is 1. The zero-order chi connectivity index (χ0) is 13.8. The molecular weight excluding hydrogens is 311 g/mol. The van der Waals surface area contributed by atoms with Crippen molar-refractivity contribution < 1.29 is 9.18 Å². The summed E-state index contributed by atoms with van der Waals surface area (Å²) >= 11 is 3.36. The van der Waals surface area contributed by atoms with E-state index in [1.165, 1.54) is 24.3 Å². The number of hydrogen-bond acceptors (Lipinski definition) is 1. The minimum atomic E-state index is -0.371. The van der Waals surface area contributed by atoms with Crippen LogP contribution < -0.4 is 10.6 Å². The van der Waals surface area contributed by atoms with Crippen LogP contribution in [0.2, 0.25) is 0 Å². The molecule has 0 saturated carbocycles. The second-order valence-corrected chi connectivity index (χ2v) is 5.02. The van der Waals surface area contributed by atoms with E-state index in [0.29, 0.717) is 11.4 Å². The van der Waals surface area contributed by atoms with Crippen LogP contribution in [0.25, 0.3) is 0 Å². The van der Waals surface area contributed by atoms with E-state index in [-0.39, 0.29) is 11.8 Å². The van der Waals surface area contributed by atoms with Crippen molar-refractivity contribution in [3.8, 4) is 0 Å². The number of amides is 2. The highest BCUT2D eigenvalue weighted by Gasteiger charge is 2.04. The molecule has 0 aliphatic heterocycles. The van der Waals surface area contributed by atoms with Crippen molar-refractivity contribution in [2.75, 3.05) is 10.6 Å². The zero-order valence-corrected chi connectivity index (χ0v) is 11.8. The van der Waals surface area contributed by atoms with Gasteiger partial charge in [-0.05, 0) is 55.0 Å². The maximum atomic E-state index is 12.7. The number of halogens is 2. The molecule has 5 heteroatoms. The lowest BCUT2D eigenvalue weighted by atomic mass is 10.2. The monoisotopic (exact) mass is 322 g/mol. The van der Waals surface area contributed by atoms with Gasteiger partial charge in [0.1, 0.15) is 5.82 Å². The van der Waals surface area contributed by atoms with Crippen molar-refractivity contribution in [2.45, 2.75) is 6.92 Å². The summed E-state index contributed by atoms with van der Waals surface area (Å²) in [5, 5.41) is 5.34. The van der Waals surface area contributed by atoms with Gasteiger partial charge < -0.3 is 10.6 Å². The predicted molar refractivity (Wildman–Crippen MR) is 77.9 cm³/mol. The second kappa shape index (κ2) is 5.84. The van der Waals surface area contributed by atoms with E-state index in [1.807, 2.05) is 19.1 Å². The number of nitrogens with one attached hydrogen (secondary N) is 2.